The molecule has 0 saturated carbocycles. The molecule has 0 fully saturated rings. The van der Waals surface area contributed by atoms with Crippen molar-refractivity contribution in [2.45, 2.75) is 39.5 Å². The van der Waals surface area contributed by atoms with E-state index in [2.05, 4.69) is 15.6 Å². The first kappa shape index (κ1) is 16.8. The summed E-state index contributed by atoms with van der Waals surface area (Å²) >= 11 is 0. The van der Waals surface area contributed by atoms with Crippen molar-refractivity contribution >= 4 is 5.91 Å². The lowest BCUT2D eigenvalue weighted by Crippen LogP contribution is -2.34. The molecule has 0 spiro atoms. The van der Waals surface area contributed by atoms with Gasteiger partial charge in [0.25, 0.3) is 0 Å². The van der Waals surface area contributed by atoms with Crippen molar-refractivity contribution in [3.05, 3.63) is 36.2 Å². The zero-order valence-corrected chi connectivity index (χ0v) is 13.7. The van der Waals surface area contributed by atoms with Crippen LogP contribution in [0.15, 0.2) is 30.5 Å². The van der Waals surface area contributed by atoms with Crippen LogP contribution in [0.5, 0.6) is 11.5 Å². The van der Waals surface area contributed by atoms with Crippen LogP contribution in [0, 0.1) is 0 Å². The van der Waals surface area contributed by atoms with E-state index in [0.717, 1.165) is 17.9 Å². The summed E-state index contributed by atoms with van der Waals surface area (Å²) in [7, 11) is 1.62. The number of nitrogens with one attached hydrogen (secondary N) is 1. The van der Waals surface area contributed by atoms with E-state index in [1.807, 2.05) is 38.1 Å². The van der Waals surface area contributed by atoms with Crippen LogP contribution in [-0.4, -0.2) is 34.1 Å². The molecule has 7 nitrogen and oxygen atoms in total. The van der Waals surface area contributed by atoms with Crippen LogP contribution < -0.4 is 14.8 Å². The second-order valence-electron chi connectivity index (χ2n) is 5.25. The molecule has 1 aromatic carbocycles. The Bertz CT molecular complexity index is 625. The van der Waals surface area contributed by atoms with Crippen molar-refractivity contribution in [1.82, 2.24) is 20.3 Å². The van der Waals surface area contributed by atoms with E-state index < -0.39 is 0 Å². The van der Waals surface area contributed by atoms with Crippen molar-refractivity contribution < 1.29 is 14.3 Å². The number of amides is 1. The molecule has 0 saturated heterocycles. The molecule has 0 bridgehead atoms. The third-order valence-electron chi connectivity index (χ3n) is 3.36. The summed E-state index contributed by atoms with van der Waals surface area (Å²) in [5.41, 5.74) is 0.664. The molecular weight excluding hydrogens is 296 g/mol. The Morgan fingerprint density at radius 2 is 2.00 bits per heavy atom. The summed E-state index contributed by atoms with van der Waals surface area (Å²) in [4.78, 5) is 11.8. The molecule has 0 aliphatic heterocycles. The lowest BCUT2D eigenvalue weighted by molar-refractivity contribution is -0.122. The van der Waals surface area contributed by atoms with E-state index >= 15 is 0 Å². The maximum Gasteiger partial charge on any atom is 0.242 e. The Hall–Kier alpha value is -2.57. The highest BCUT2D eigenvalue weighted by atomic mass is 16.5. The first-order valence-electron chi connectivity index (χ1n) is 7.56. The number of nitrogens with zero attached hydrogens (tertiary/aromatic N) is 3. The molecule has 1 aromatic heterocycles. The Kier molecular flexibility index (Phi) is 5.96. The minimum absolute atomic E-state index is 0.0770. The van der Waals surface area contributed by atoms with Crippen LogP contribution in [0.4, 0.5) is 0 Å². The third-order valence-corrected chi connectivity index (χ3v) is 3.36. The predicted octanol–water partition coefficient (Wildman–Crippen LogP) is 1.78. The van der Waals surface area contributed by atoms with Gasteiger partial charge in [0.2, 0.25) is 5.91 Å². The van der Waals surface area contributed by atoms with Gasteiger partial charge in [-0.15, -0.1) is 5.10 Å². The van der Waals surface area contributed by atoms with E-state index in [9.17, 15) is 4.79 Å². The molecular formula is C16H22N4O3. The van der Waals surface area contributed by atoms with Gasteiger partial charge in [0.05, 0.1) is 13.3 Å². The van der Waals surface area contributed by atoms with Crippen LogP contribution in [0.1, 0.15) is 26.0 Å². The average molecular weight is 318 g/mol. The number of methoxy groups -OCH3 is 1. The Morgan fingerprint density at radius 1 is 1.30 bits per heavy atom. The highest BCUT2D eigenvalue weighted by Crippen LogP contribution is 2.17. The number of ether oxygens (including phenoxy) is 2. The van der Waals surface area contributed by atoms with Crippen LogP contribution in [0.3, 0.4) is 0 Å². The van der Waals surface area contributed by atoms with Crippen molar-refractivity contribution in [3.63, 3.8) is 0 Å². The van der Waals surface area contributed by atoms with Crippen molar-refractivity contribution in [3.8, 4) is 11.5 Å². The molecule has 124 valence electrons. The van der Waals surface area contributed by atoms with Gasteiger partial charge in [-0.2, -0.15) is 0 Å². The molecule has 1 N–H and O–H groups in total. The first-order chi connectivity index (χ1) is 11.1. The summed E-state index contributed by atoms with van der Waals surface area (Å²) in [6, 6.07) is 7.45. The average Bonchev–Trinajstić information content (AvgIpc) is 3.00. The van der Waals surface area contributed by atoms with Crippen molar-refractivity contribution in [2.75, 3.05) is 7.11 Å². The minimum Gasteiger partial charge on any atom is -0.497 e. The molecule has 0 aliphatic rings. The fourth-order valence-electron chi connectivity index (χ4n) is 1.88. The molecule has 2 rings (SSSR count). The minimum atomic E-state index is -0.0770. The molecule has 0 aliphatic carbocycles. The summed E-state index contributed by atoms with van der Waals surface area (Å²) in [6.45, 7) is 4.43. The smallest absolute Gasteiger partial charge is 0.242 e. The van der Waals surface area contributed by atoms with Gasteiger partial charge in [-0.3, -0.25) is 4.79 Å². The maximum atomic E-state index is 11.8. The Morgan fingerprint density at radius 3 is 2.65 bits per heavy atom. The van der Waals surface area contributed by atoms with E-state index in [4.69, 9.17) is 9.47 Å². The zero-order valence-electron chi connectivity index (χ0n) is 13.7. The number of hydrogen-bond acceptors (Lipinski definition) is 5. The van der Waals surface area contributed by atoms with Crippen LogP contribution in [-0.2, 0) is 17.9 Å². The largest absolute Gasteiger partial charge is 0.497 e. The van der Waals surface area contributed by atoms with Gasteiger partial charge in [-0.25, -0.2) is 4.68 Å². The lowest BCUT2D eigenvalue weighted by Gasteiger charge is -2.10. The summed E-state index contributed by atoms with van der Waals surface area (Å²) in [5.74, 6) is 1.41. The van der Waals surface area contributed by atoms with Gasteiger partial charge in [0, 0.05) is 6.04 Å². The summed E-state index contributed by atoms with van der Waals surface area (Å²) in [6.07, 6.45) is 2.60. The highest BCUT2D eigenvalue weighted by Gasteiger charge is 2.08. The summed E-state index contributed by atoms with van der Waals surface area (Å²) in [5, 5.41) is 10.8. The number of rotatable bonds is 8. The molecule has 7 heteroatoms. The van der Waals surface area contributed by atoms with E-state index in [-0.39, 0.29) is 18.5 Å². The fourth-order valence-corrected chi connectivity index (χ4v) is 1.88. The van der Waals surface area contributed by atoms with E-state index in [0.29, 0.717) is 12.3 Å². The van der Waals surface area contributed by atoms with E-state index in [1.54, 1.807) is 13.3 Å². The quantitative estimate of drug-likeness (QED) is 0.802. The third kappa shape index (κ3) is 5.28. The zero-order chi connectivity index (χ0) is 16.7. The topological polar surface area (TPSA) is 78.3 Å². The number of carbonyl (C=O) groups is 1. The monoisotopic (exact) mass is 318 g/mol. The maximum absolute atomic E-state index is 11.8. The molecule has 0 unspecified atom stereocenters. The second-order valence-corrected chi connectivity index (χ2v) is 5.25. The number of benzene rings is 1. The van der Waals surface area contributed by atoms with Crippen molar-refractivity contribution in [1.29, 1.82) is 0 Å². The molecule has 1 atom stereocenters. The Labute approximate surface area is 135 Å². The van der Waals surface area contributed by atoms with Crippen LogP contribution in [0.25, 0.3) is 0 Å². The molecule has 0 radical (unpaired) electrons. The van der Waals surface area contributed by atoms with Gasteiger partial charge in [0.15, 0.2) is 0 Å². The van der Waals surface area contributed by atoms with E-state index in [1.165, 1.54) is 4.68 Å². The fraction of sp³-hybridized carbons (Fsp3) is 0.438. The van der Waals surface area contributed by atoms with Crippen molar-refractivity contribution in [2.24, 2.45) is 0 Å². The number of aromatic nitrogens is 3. The van der Waals surface area contributed by atoms with Gasteiger partial charge in [0.1, 0.15) is 30.3 Å². The molecule has 2 aromatic rings. The van der Waals surface area contributed by atoms with Crippen LogP contribution in [0.2, 0.25) is 0 Å². The van der Waals surface area contributed by atoms with Crippen LogP contribution >= 0.6 is 0 Å². The highest BCUT2D eigenvalue weighted by molar-refractivity contribution is 5.75. The van der Waals surface area contributed by atoms with Gasteiger partial charge < -0.3 is 14.8 Å². The number of carbonyl (C=O) groups excluding carboxylic acids is 1. The van der Waals surface area contributed by atoms with Gasteiger partial charge in [-0.05, 0) is 37.6 Å². The second kappa shape index (κ2) is 8.17. The number of hydrogen-bond donors (Lipinski definition) is 1. The molecule has 23 heavy (non-hydrogen) atoms. The Balaban J connectivity index is 1.83. The summed E-state index contributed by atoms with van der Waals surface area (Å²) < 4.78 is 12.2. The SMILES string of the molecule is CC[C@H](C)NC(=O)Cn1cc(COc2ccc(OC)cc2)nn1. The normalized spacial score (nSPS) is 11.8. The predicted molar refractivity (Wildman–Crippen MR) is 85.2 cm³/mol. The standard InChI is InChI=1S/C16H22N4O3/c1-4-12(2)17-16(21)10-20-9-13(18-19-20)11-23-15-7-5-14(22-3)6-8-15/h5-9,12H,4,10-11H2,1-3H3,(H,17,21)/t12-/m0/s1. The van der Waals surface area contributed by atoms with Gasteiger partial charge >= 0.3 is 0 Å². The molecule has 1 amide bonds. The first-order valence-corrected chi connectivity index (χ1v) is 7.56. The van der Waals surface area contributed by atoms with Gasteiger partial charge in [-0.1, -0.05) is 12.1 Å². The lowest BCUT2D eigenvalue weighted by atomic mass is 10.2. The molecule has 1 heterocycles.